The highest BCUT2D eigenvalue weighted by Gasteiger charge is 2.32. The second kappa shape index (κ2) is 14.0. The van der Waals surface area contributed by atoms with E-state index >= 15 is 0 Å². The van der Waals surface area contributed by atoms with Crippen LogP contribution in [0.2, 0.25) is 0 Å². The topological polar surface area (TPSA) is 46.5 Å². The fraction of sp³-hybridized carbons (Fsp3) is 0.138. The van der Waals surface area contributed by atoms with Crippen LogP contribution in [0.15, 0.2) is 179 Å². The highest BCUT2D eigenvalue weighted by Crippen LogP contribution is 2.45. The fourth-order valence-electron chi connectivity index (χ4n) is 10.00. The molecular formula is C58H48BN3O2. The smallest absolute Gasteiger partial charge is 0.244 e. The van der Waals surface area contributed by atoms with Crippen molar-refractivity contribution in [3.63, 3.8) is 0 Å². The van der Waals surface area contributed by atoms with Gasteiger partial charge in [-0.1, -0.05) is 126 Å². The summed E-state index contributed by atoms with van der Waals surface area (Å²) >= 11 is 0. The van der Waals surface area contributed by atoms with E-state index in [-0.39, 0.29) is 10.8 Å². The average molecular weight is 830 g/mol. The number of para-hydroxylation sites is 3. The molecule has 0 bridgehead atoms. The lowest BCUT2D eigenvalue weighted by Gasteiger charge is -2.27. The van der Waals surface area contributed by atoms with Gasteiger partial charge < -0.3 is 23.6 Å². The molecule has 12 rings (SSSR count). The summed E-state index contributed by atoms with van der Waals surface area (Å²) in [4.78, 5) is 2.34. The van der Waals surface area contributed by atoms with Crippen molar-refractivity contribution >= 4 is 102 Å². The van der Waals surface area contributed by atoms with E-state index in [1.54, 1.807) is 0 Å². The third kappa shape index (κ3) is 6.07. The van der Waals surface area contributed by atoms with Gasteiger partial charge in [-0.2, -0.15) is 0 Å². The van der Waals surface area contributed by atoms with E-state index in [9.17, 15) is 0 Å². The van der Waals surface area contributed by atoms with Crippen LogP contribution in [0.25, 0.3) is 71.5 Å². The number of furan rings is 2. The van der Waals surface area contributed by atoms with Gasteiger partial charge >= 0.3 is 0 Å². The molecule has 1 aliphatic heterocycles. The zero-order chi connectivity index (χ0) is 43.5. The molecule has 6 heteroatoms. The van der Waals surface area contributed by atoms with Crippen molar-refractivity contribution in [2.24, 2.45) is 0 Å². The maximum absolute atomic E-state index is 6.96. The van der Waals surface area contributed by atoms with E-state index < -0.39 is 0 Å². The van der Waals surface area contributed by atoms with Gasteiger partial charge in [-0.15, -0.1) is 0 Å². The number of benzene rings is 8. The lowest BCUT2D eigenvalue weighted by molar-refractivity contribution is 0.590. The predicted molar refractivity (Wildman–Crippen MR) is 271 cm³/mol. The van der Waals surface area contributed by atoms with Gasteiger partial charge in [0.25, 0.3) is 0 Å². The molecule has 11 aromatic rings. The number of fused-ring (bicyclic) bond motifs is 10. The van der Waals surface area contributed by atoms with Gasteiger partial charge in [0.15, 0.2) is 0 Å². The van der Waals surface area contributed by atoms with E-state index in [0.717, 1.165) is 89.3 Å². The van der Waals surface area contributed by atoms with Gasteiger partial charge in [0.05, 0.1) is 16.9 Å². The van der Waals surface area contributed by atoms with Crippen LogP contribution in [0.3, 0.4) is 0 Å². The minimum Gasteiger partial charge on any atom is -0.469 e. The Hall–Kier alpha value is -7.44. The number of nitrogens with one attached hydrogen (secondary N) is 1. The maximum atomic E-state index is 6.96. The number of nitrogens with zero attached hydrogens (tertiary/aromatic N) is 2. The number of hydrogen-bond acceptors (Lipinski definition) is 4. The van der Waals surface area contributed by atoms with Gasteiger partial charge in [-0.05, 0) is 112 Å². The zero-order valence-electron chi connectivity index (χ0n) is 37.1. The molecule has 0 amide bonds. The second-order valence-electron chi connectivity index (χ2n) is 19.5. The number of anilines is 5. The first kappa shape index (κ1) is 38.3. The molecule has 1 aliphatic rings. The van der Waals surface area contributed by atoms with Crippen LogP contribution >= 0.6 is 0 Å². The van der Waals surface area contributed by atoms with Crippen molar-refractivity contribution in [1.29, 1.82) is 0 Å². The molecule has 310 valence electrons. The van der Waals surface area contributed by atoms with Gasteiger partial charge in [-0.25, -0.2) is 0 Å². The third-order valence-corrected chi connectivity index (χ3v) is 13.3. The minimum atomic E-state index is -0.0263. The minimum absolute atomic E-state index is 0.0263. The molecule has 8 aromatic carbocycles. The molecule has 0 atom stereocenters. The fourth-order valence-corrected chi connectivity index (χ4v) is 10.00. The molecular weight excluding hydrogens is 781 g/mol. The molecule has 64 heavy (non-hydrogen) atoms. The number of rotatable bonds is 6. The molecule has 0 spiro atoms. The Balaban J connectivity index is 1.14. The SMILES string of the molecule is CC(C)(C)c1ccc(Nc2ccc(N(c3ccccc3)c3ccccc3)cc2-c2ccc3c4cc5c(cc4n4c3c2Bc2oc3ccc(C(C)(C)C)cc3c2-4)oc2ccccc25)cc1. The second-order valence-corrected chi connectivity index (χ2v) is 19.5. The lowest BCUT2D eigenvalue weighted by Crippen LogP contribution is -2.36. The molecule has 4 heterocycles. The van der Waals surface area contributed by atoms with Crippen molar-refractivity contribution in [3.05, 3.63) is 181 Å². The third-order valence-electron chi connectivity index (χ3n) is 13.3. The maximum Gasteiger partial charge on any atom is 0.244 e. The van der Waals surface area contributed by atoms with Crippen molar-refractivity contribution < 1.29 is 8.83 Å². The van der Waals surface area contributed by atoms with Crippen LogP contribution in [0.4, 0.5) is 28.4 Å². The first-order valence-corrected chi connectivity index (χ1v) is 22.4. The van der Waals surface area contributed by atoms with Gasteiger partial charge in [-0.3, -0.25) is 0 Å². The zero-order valence-corrected chi connectivity index (χ0v) is 37.1. The number of hydrogen-bond donors (Lipinski definition) is 1. The molecule has 5 nitrogen and oxygen atoms in total. The standard InChI is InChI=1S/C58H48BN3O2/c1-57(2,3)35-21-24-37(25-22-35)60-48-29-26-40(61(38-15-9-7-10-16-38)39-17-11-8-12-18-39)32-44(48)42-27-28-43-45-33-46-41-19-13-14-20-50(41)63-52(46)34-49(45)62-54(43)53(42)59-56-55(62)47-31-36(58(4,5)6)23-30-51(47)64-56/h7-34,59-60H,1-6H3. The monoisotopic (exact) mass is 829 g/mol. The first-order chi connectivity index (χ1) is 31.0. The Morgan fingerprint density at radius 3 is 1.88 bits per heavy atom. The lowest BCUT2D eigenvalue weighted by atomic mass is 9.62. The van der Waals surface area contributed by atoms with Gasteiger partial charge in [0.2, 0.25) is 7.28 Å². The quantitative estimate of drug-likeness (QED) is 0.170. The van der Waals surface area contributed by atoms with Gasteiger partial charge in [0.1, 0.15) is 16.7 Å². The van der Waals surface area contributed by atoms with Gasteiger partial charge in [0, 0.05) is 72.5 Å². The molecule has 0 fully saturated rings. The highest BCUT2D eigenvalue weighted by molar-refractivity contribution is 6.73. The molecule has 0 unspecified atom stereocenters. The van der Waals surface area contributed by atoms with Crippen molar-refractivity contribution in [3.8, 4) is 16.8 Å². The Bertz CT molecular complexity index is 3580. The van der Waals surface area contributed by atoms with Crippen LogP contribution in [-0.4, -0.2) is 11.8 Å². The summed E-state index contributed by atoms with van der Waals surface area (Å²) in [5.74, 6) is 0. The Morgan fingerprint density at radius 1 is 0.484 bits per heavy atom. The summed E-state index contributed by atoms with van der Waals surface area (Å²) < 4.78 is 16.0. The average Bonchev–Trinajstić information content (AvgIpc) is 3.96. The molecule has 0 radical (unpaired) electrons. The molecule has 3 aromatic heterocycles. The Kier molecular flexibility index (Phi) is 8.39. The van der Waals surface area contributed by atoms with Crippen molar-refractivity contribution in [2.45, 2.75) is 52.4 Å². The molecule has 1 N–H and O–H groups in total. The first-order valence-electron chi connectivity index (χ1n) is 22.4. The van der Waals surface area contributed by atoms with Crippen LogP contribution in [-0.2, 0) is 10.8 Å². The van der Waals surface area contributed by atoms with Crippen molar-refractivity contribution in [1.82, 2.24) is 4.57 Å². The summed E-state index contributed by atoms with van der Waals surface area (Å²) in [7, 11) is 0.641. The van der Waals surface area contributed by atoms with Crippen LogP contribution in [0.5, 0.6) is 0 Å². The summed E-state index contributed by atoms with van der Waals surface area (Å²) in [5, 5.41) is 9.68. The van der Waals surface area contributed by atoms with Crippen LogP contribution in [0, 0.1) is 0 Å². The van der Waals surface area contributed by atoms with Crippen LogP contribution in [0.1, 0.15) is 52.7 Å². The van der Waals surface area contributed by atoms with E-state index in [1.165, 1.54) is 32.9 Å². The highest BCUT2D eigenvalue weighted by atomic mass is 16.3. The summed E-state index contributed by atoms with van der Waals surface area (Å²) in [6.45, 7) is 13.6. The summed E-state index contributed by atoms with van der Waals surface area (Å²) in [6.07, 6.45) is 0. The Labute approximate surface area is 373 Å². The number of aromatic nitrogens is 1. The van der Waals surface area contributed by atoms with E-state index in [2.05, 4.69) is 220 Å². The van der Waals surface area contributed by atoms with Crippen molar-refractivity contribution in [2.75, 3.05) is 10.2 Å². The molecule has 0 saturated heterocycles. The Morgan fingerprint density at radius 2 is 1.16 bits per heavy atom. The largest absolute Gasteiger partial charge is 0.469 e. The predicted octanol–water partition coefficient (Wildman–Crippen LogP) is 14.6. The molecule has 0 saturated carbocycles. The summed E-state index contributed by atoms with van der Waals surface area (Å²) in [6, 6.07) is 61.4. The summed E-state index contributed by atoms with van der Waals surface area (Å²) in [5.41, 5.74) is 18.5. The van der Waals surface area contributed by atoms with E-state index in [4.69, 9.17) is 8.83 Å². The van der Waals surface area contributed by atoms with E-state index in [0.29, 0.717) is 7.28 Å². The van der Waals surface area contributed by atoms with E-state index in [1.807, 2.05) is 6.07 Å². The van der Waals surface area contributed by atoms with Crippen LogP contribution < -0.4 is 21.3 Å². The normalized spacial score (nSPS) is 12.7. The molecule has 0 aliphatic carbocycles.